The van der Waals surface area contributed by atoms with Crippen LogP contribution in [0.2, 0.25) is 0 Å². The molecule has 0 aromatic carbocycles. The average molecular weight is 327 g/mol. The van der Waals surface area contributed by atoms with Crippen molar-refractivity contribution in [2.75, 3.05) is 39.0 Å². The van der Waals surface area contributed by atoms with Crippen LogP contribution < -0.4 is 10.6 Å². The molecule has 3 amide bonds. The highest BCUT2D eigenvalue weighted by Crippen LogP contribution is 2.14. The van der Waals surface area contributed by atoms with E-state index in [0.29, 0.717) is 13.1 Å². The lowest BCUT2D eigenvalue weighted by Crippen LogP contribution is -2.51. The molecule has 0 saturated carbocycles. The Morgan fingerprint density at radius 3 is 2.68 bits per heavy atom. The first-order valence-electron chi connectivity index (χ1n) is 6.52. The van der Waals surface area contributed by atoms with Crippen LogP contribution in [-0.4, -0.2) is 68.3 Å². The van der Waals surface area contributed by atoms with Gasteiger partial charge in [0.2, 0.25) is 15.9 Å². The molecule has 0 bridgehead atoms. The van der Waals surface area contributed by atoms with Gasteiger partial charge >= 0.3 is 6.03 Å². The SMILES string of the molecule is CN(C)S(=O)(=O)c1ccc(NC(=O)N2CCNC(=O)C2)nc1. The molecule has 120 valence electrons. The van der Waals surface area contributed by atoms with Crippen LogP contribution in [0, 0.1) is 0 Å². The third kappa shape index (κ3) is 3.52. The number of hydrogen-bond acceptors (Lipinski definition) is 5. The number of hydrogen-bond donors (Lipinski definition) is 2. The van der Waals surface area contributed by atoms with Gasteiger partial charge in [-0.05, 0) is 12.1 Å². The molecule has 0 radical (unpaired) electrons. The molecular weight excluding hydrogens is 310 g/mol. The number of nitrogens with zero attached hydrogens (tertiary/aromatic N) is 3. The number of rotatable bonds is 3. The predicted octanol–water partition coefficient (Wildman–Crippen LogP) is -0.704. The fraction of sp³-hybridized carbons (Fsp3) is 0.417. The molecule has 1 aromatic rings. The minimum atomic E-state index is -3.56. The molecule has 22 heavy (non-hydrogen) atoms. The summed E-state index contributed by atoms with van der Waals surface area (Å²) in [6.45, 7) is 0.795. The third-order valence-electron chi connectivity index (χ3n) is 3.08. The van der Waals surface area contributed by atoms with E-state index in [4.69, 9.17) is 0 Å². The molecule has 1 aliphatic heterocycles. The summed E-state index contributed by atoms with van der Waals surface area (Å²) in [5.41, 5.74) is 0. The van der Waals surface area contributed by atoms with Gasteiger partial charge in [-0.15, -0.1) is 0 Å². The van der Waals surface area contributed by atoms with Gasteiger partial charge in [0.15, 0.2) is 0 Å². The highest BCUT2D eigenvalue weighted by atomic mass is 32.2. The molecule has 0 atom stereocenters. The summed E-state index contributed by atoms with van der Waals surface area (Å²) < 4.78 is 24.9. The zero-order chi connectivity index (χ0) is 16.3. The predicted molar refractivity (Wildman–Crippen MR) is 78.7 cm³/mol. The summed E-state index contributed by atoms with van der Waals surface area (Å²) in [5, 5.41) is 5.15. The van der Waals surface area contributed by atoms with Gasteiger partial charge in [-0.1, -0.05) is 0 Å². The van der Waals surface area contributed by atoms with Gasteiger partial charge in [-0.25, -0.2) is 22.5 Å². The quantitative estimate of drug-likeness (QED) is 0.762. The van der Waals surface area contributed by atoms with Crippen LogP contribution in [0.3, 0.4) is 0 Å². The van der Waals surface area contributed by atoms with Crippen molar-refractivity contribution in [3.63, 3.8) is 0 Å². The minimum Gasteiger partial charge on any atom is -0.353 e. The van der Waals surface area contributed by atoms with Crippen molar-refractivity contribution < 1.29 is 18.0 Å². The molecule has 1 saturated heterocycles. The fourth-order valence-corrected chi connectivity index (χ4v) is 2.67. The molecular formula is C12H17N5O4S. The normalized spacial score (nSPS) is 15.6. The molecule has 1 aliphatic rings. The number of amides is 3. The first kappa shape index (κ1) is 16.2. The van der Waals surface area contributed by atoms with Crippen molar-refractivity contribution in [1.82, 2.24) is 19.5 Å². The lowest BCUT2D eigenvalue weighted by atomic mass is 10.4. The van der Waals surface area contributed by atoms with Crippen LogP contribution in [-0.2, 0) is 14.8 Å². The number of piperazine rings is 1. The number of carbonyl (C=O) groups is 2. The van der Waals surface area contributed by atoms with Gasteiger partial charge in [0.25, 0.3) is 0 Å². The first-order chi connectivity index (χ1) is 10.3. The molecule has 1 fully saturated rings. The van der Waals surface area contributed by atoms with Crippen molar-refractivity contribution >= 4 is 27.8 Å². The monoisotopic (exact) mass is 327 g/mol. The number of aromatic nitrogens is 1. The Labute approximate surface area is 128 Å². The van der Waals surface area contributed by atoms with Gasteiger partial charge in [0, 0.05) is 33.4 Å². The Morgan fingerprint density at radius 1 is 1.41 bits per heavy atom. The van der Waals surface area contributed by atoms with Gasteiger partial charge in [-0.2, -0.15) is 0 Å². The Bertz CT molecular complexity index is 671. The second-order valence-corrected chi connectivity index (χ2v) is 7.02. The van der Waals surface area contributed by atoms with E-state index < -0.39 is 16.1 Å². The lowest BCUT2D eigenvalue weighted by Gasteiger charge is -2.26. The van der Waals surface area contributed by atoms with Crippen LogP contribution in [0.25, 0.3) is 0 Å². The zero-order valence-corrected chi connectivity index (χ0v) is 13.1. The van der Waals surface area contributed by atoms with Crippen LogP contribution in [0.5, 0.6) is 0 Å². The molecule has 10 heteroatoms. The Hall–Kier alpha value is -2.20. The number of carbonyl (C=O) groups excluding carboxylic acids is 2. The Kier molecular flexibility index (Phi) is 4.62. The molecule has 2 rings (SSSR count). The van der Waals surface area contributed by atoms with Crippen molar-refractivity contribution in [2.45, 2.75) is 4.90 Å². The van der Waals surface area contributed by atoms with E-state index in [-0.39, 0.29) is 23.2 Å². The maximum Gasteiger partial charge on any atom is 0.323 e. The average Bonchev–Trinajstić information content (AvgIpc) is 2.47. The van der Waals surface area contributed by atoms with Crippen molar-refractivity contribution in [3.05, 3.63) is 18.3 Å². The number of anilines is 1. The molecule has 2 N–H and O–H groups in total. The van der Waals surface area contributed by atoms with Gasteiger partial charge < -0.3 is 10.2 Å². The van der Waals surface area contributed by atoms with E-state index in [1.807, 2.05) is 0 Å². The standard InChI is InChI=1S/C12H17N5O4S/c1-16(2)22(20,21)9-3-4-10(14-7-9)15-12(19)17-6-5-13-11(18)8-17/h3-4,7H,5-6,8H2,1-2H3,(H,13,18)(H,14,15,19). The zero-order valence-electron chi connectivity index (χ0n) is 12.2. The van der Waals surface area contributed by atoms with E-state index >= 15 is 0 Å². The van der Waals surface area contributed by atoms with Gasteiger partial charge in [-0.3, -0.25) is 10.1 Å². The van der Waals surface area contributed by atoms with Crippen LogP contribution in [0.15, 0.2) is 23.2 Å². The summed E-state index contributed by atoms with van der Waals surface area (Å²) in [4.78, 5) is 28.5. The maximum absolute atomic E-state index is 12.0. The molecule has 0 spiro atoms. The number of urea groups is 1. The summed E-state index contributed by atoms with van der Waals surface area (Å²) in [5.74, 6) is -0.00419. The van der Waals surface area contributed by atoms with E-state index in [1.54, 1.807) is 0 Å². The summed E-state index contributed by atoms with van der Waals surface area (Å²) in [6, 6.07) is 2.31. The molecule has 9 nitrogen and oxygen atoms in total. The Balaban J connectivity index is 2.05. The second kappa shape index (κ2) is 6.28. The van der Waals surface area contributed by atoms with Crippen molar-refractivity contribution in [3.8, 4) is 0 Å². The summed E-state index contributed by atoms with van der Waals surface area (Å²) in [6.07, 6.45) is 1.17. The minimum absolute atomic E-state index is 0.0150. The third-order valence-corrected chi connectivity index (χ3v) is 4.87. The Morgan fingerprint density at radius 2 is 2.14 bits per heavy atom. The van der Waals surface area contributed by atoms with E-state index in [0.717, 1.165) is 4.31 Å². The number of sulfonamides is 1. The van der Waals surface area contributed by atoms with Gasteiger partial charge in [0.05, 0.1) is 0 Å². The van der Waals surface area contributed by atoms with E-state index in [2.05, 4.69) is 15.6 Å². The lowest BCUT2D eigenvalue weighted by molar-refractivity contribution is -0.123. The molecule has 2 heterocycles. The highest BCUT2D eigenvalue weighted by Gasteiger charge is 2.22. The fourth-order valence-electron chi connectivity index (χ4n) is 1.82. The van der Waals surface area contributed by atoms with E-state index in [9.17, 15) is 18.0 Å². The number of pyridine rings is 1. The van der Waals surface area contributed by atoms with Crippen molar-refractivity contribution in [2.24, 2.45) is 0 Å². The molecule has 1 aromatic heterocycles. The van der Waals surface area contributed by atoms with Crippen molar-refractivity contribution in [1.29, 1.82) is 0 Å². The first-order valence-corrected chi connectivity index (χ1v) is 7.96. The molecule has 0 aliphatic carbocycles. The summed E-state index contributed by atoms with van der Waals surface area (Å²) >= 11 is 0. The molecule has 0 unspecified atom stereocenters. The van der Waals surface area contributed by atoms with Gasteiger partial charge in [0.1, 0.15) is 17.3 Å². The largest absolute Gasteiger partial charge is 0.353 e. The van der Waals surface area contributed by atoms with E-state index in [1.165, 1.54) is 37.3 Å². The second-order valence-electron chi connectivity index (χ2n) is 4.87. The maximum atomic E-state index is 12.0. The van der Waals surface area contributed by atoms with Crippen LogP contribution in [0.1, 0.15) is 0 Å². The van der Waals surface area contributed by atoms with Crippen LogP contribution >= 0.6 is 0 Å². The summed E-state index contributed by atoms with van der Waals surface area (Å²) in [7, 11) is -0.709. The smallest absolute Gasteiger partial charge is 0.323 e. The van der Waals surface area contributed by atoms with Crippen LogP contribution in [0.4, 0.5) is 10.6 Å². The topological polar surface area (TPSA) is 112 Å². The highest BCUT2D eigenvalue weighted by molar-refractivity contribution is 7.89. The number of nitrogens with one attached hydrogen (secondary N) is 2.